The molecule has 2 unspecified atom stereocenters. The van der Waals surface area contributed by atoms with Crippen LogP contribution in [0.4, 0.5) is 0 Å². The predicted octanol–water partition coefficient (Wildman–Crippen LogP) is 8.63. The molecule has 2 atom stereocenters. The number of methoxy groups -OCH3 is 1. The van der Waals surface area contributed by atoms with Gasteiger partial charge in [-0.15, -0.1) is 0 Å². The highest BCUT2D eigenvalue weighted by molar-refractivity contribution is 7.45. The fourth-order valence-corrected chi connectivity index (χ4v) is 9.71. The molecule has 3 aromatic carbocycles. The van der Waals surface area contributed by atoms with Crippen LogP contribution in [0.1, 0.15) is 132 Å². The number of nitrogens with zero attached hydrogens (tertiary/aromatic N) is 2. The molecule has 0 radical (unpaired) electrons. The first-order valence-corrected chi connectivity index (χ1v) is 25.6. The minimum Gasteiger partial charge on any atom is -0.746 e. The Morgan fingerprint density at radius 2 is 1.62 bits per heavy atom. The lowest BCUT2D eigenvalue weighted by molar-refractivity contribution is -0.937. The van der Waals surface area contributed by atoms with Crippen LogP contribution in [0.3, 0.4) is 0 Å². The van der Waals surface area contributed by atoms with E-state index in [1.54, 1.807) is 19.2 Å². The van der Waals surface area contributed by atoms with Gasteiger partial charge in [-0.3, -0.25) is 9.36 Å². The predicted molar refractivity (Wildman–Crippen MR) is 249 cm³/mol. The summed E-state index contributed by atoms with van der Waals surface area (Å²) >= 11 is 0. The molecule has 2 aliphatic rings. The van der Waals surface area contributed by atoms with E-state index >= 15 is 0 Å². The van der Waals surface area contributed by atoms with Crippen molar-refractivity contribution in [3.63, 3.8) is 0 Å². The third-order valence-electron chi connectivity index (χ3n) is 13.6. The van der Waals surface area contributed by atoms with E-state index in [-0.39, 0.29) is 36.9 Å². The molecule has 13 nitrogen and oxygen atoms in total. The second-order valence-electron chi connectivity index (χ2n) is 18.0. The molecule has 0 bridgehead atoms. The Hall–Kier alpha value is -3.99. The molecule has 2 fully saturated rings. The van der Waals surface area contributed by atoms with Gasteiger partial charge in [-0.1, -0.05) is 55.3 Å². The highest BCUT2D eigenvalue weighted by Gasteiger charge is 2.40. The molecule has 0 amide bonds. The van der Waals surface area contributed by atoms with Crippen LogP contribution >= 0.6 is 7.82 Å². The van der Waals surface area contributed by atoms with E-state index in [1.807, 2.05) is 38.1 Å². The first-order valence-electron chi connectivity index (χ1n) is 24.1. The van der Waals surface area contributed by atoms with E-state index in [1.165, 1.54) is 11.6 Å². The molecule has 2 saturated carbocycles. The Bertz CT molecular complexity index is 1970. The molecular weight excluding hydrogens is 846 g/mol. The minimum absolute atomic E-state index is 0.0422. The fourth-order valence-electron chi connectivity index (χ4n) is 9.29. The van der Waals surface area contributed by atoms with Crippen LogP contribution in [0.15, 0.2) is 66.7 Å². The molecule has 0 aliphatic heterocycles. The number of aliphatic hydroxyl groups excluding tert-OH is 1. The van der Waals surface area contributed by atoms with Crippen molar-refractivity contribution in [1.29, 1.82) is 5.26 Å². The van der Waals surface area contributed by atoms with Crippen LogP contribution in [0.5, 0.6) is 17.2 Å². The summed E-state index contributed by atoms with van der Waals surface area (Å²) in [4.78, 5) is 35.2. The standard InChI is InChI=1S/C51H74N3O10P/c1-4-54(5-2,31-34-62-50(56)41-26-28-51(39-52,29-27-41)44-24-25-47(60-3)49(36-44)63-45-20-11-12-21-45)38-43-23-22-42(35-48(43)64-65(57,58)59)46(55)37-53-30-14-6-7-15-32-61-33-16-13-19-40-17-9-8-10-18-40/h8-10,17-18,22-25,35-36,41,45-46,53,55H,4-7,11-16,19-21,26-34,37-38H2,1-3H3,(H-,57,58,59). The van der Waals surface area contributed by atoms with Gasteiger partial charge in [0.2, 0.25) is 0 Å². The SMILES string of the molecule is CC[N+](CC)(CCOC(=O)C1CCC(C#N)(c2ccc(OC)c(OC3CCCC3)c2)CC1)Cc1ccc(C(O)CNCCCCCCOCCCCc2ccccc2)cc1OP(=O)([O-])O. The molecule has 14 heteroatoms. The summed E-state index contributed by atoms with van der Waals surface area (Å²) in [6.07, 6.45) is 13.0. The first kappa shape index (κ1) is 52.0. The Balaban J connectivity index is 1.05. The van der Waals surface area contributed by atoms with Crippen molar-refractivity contribution < 1.29 is 52.2 Å². The lowest BCUT2D eigenvalue weighted by Crippen LogP contribution is -2.49. The summed E-state index contributed by atoms with van der Waals surface area (Å²) in [6, 6.07) is 23.8. The first-order chi connectivity index (χ1) is 31.4. The van der Waals surface area contributed by atoms with Crippen molar-refractivity contribution in [3.05, 3.63) is 89.0 Å². The van der Waals surface area contributed by atoms with Gasteiger partial charge in [-0.25, -0.2) is 0 Å². The van der Waals surface area contributed by atoms with Gasteiger partial charge in [-0.05, 0) is 145 Å². The average molecular weight is 920 g/mol. The van der Waals surface area contributed by atoms with E-state index in [4.69, 9.17) is 23.5 Å². The lowest BCUT2D eigenvalue weighted by Gasteiger charge is -2.38. The largest absolute Gasteiger partial charge is 0.746 e. The Morgan fingerprint density at radius 1 is 0.908 bits per heavy atom. The number of likely N-dealkylation sites (N-methyl/N-ethyl adjacent to an activating group) is 1. The molecule has 0 spiro atoms. The summed E-state index contributed by atoms with van der Waals surface area (Å²) in [5, 5.41) is 24.8. The summed E-state index contributed by atoms with van der Waals surface area (Å²) < 4.78 is 41.2. The highest BCUT2D eigenvalue weighted by Crippen LogP contribution is 2.45. The highest BCUT2D eigenvalue weighted by atomic mass is 31.2. The summed E-state index contributed by atoms with van der Waals surface area (Å²) in [5.41, 5.74) is 2.51. The van der Waals surface area contributed by atoms with Crippen LogP contribution in [-0.2, 0) is 37.2 Å². The smallest absolute Gasteiger partial charge is 0.317 e. The Labute approximate surface area is 387 Å². The number of aliphatic hydroxyl groups is 1. The summed E-state index contributed by atoms with van der Waals surface area (Å²) in [7, 11) is -3.55. The Kier molecular flexibility index (Phi) is 21.1. The number of aryl methyl sites for hydroxylation is 1. The maximum Gasteiger partial charge on any atom is 0.317 e. The molecule has 0 saturated heterocycles. The van der Waals surface area contributed by atoms with E-state index in [0.717, 1.165) is 96.0 Å². The van der Waals surface area contributed by atoms with Crippen LogP contribution in [-0.4, -0.2) is 86.2 Å². The number of unbranched alkanes of at least 4 members (excludes halogenated alkanes) is 4. The van der Waals surface area contributed by atoms with Gasteiger partial charge in [0, 0.05) is 25.3 Å². The quantitative estimate of drug-likeness (QED) is 0.0262. The molecule has 65 heavy (non-hydrogen) atoms. The van der Waals surface area contributed by atoms with Gasteiger partial charge >= 0.3 is 13.8 Å². The number of carbonyl (C=O) groups excluding carboxylic acids is 1. The number of phosphoric ester groups is 1. The number of benzene rings is 3. The van der Waals surface area contributed by atoms with Crippen molar-refractivity contribution in [2.24, 2.45) is 5.92 Å². The molecular formula is C51H74N3O10P. The van der Waals surface area contributed by atoms with Crippen molar-refractivity contribution in [3.8, 4) is 23.3 Å². The van der Waals surface area contributed by atoms with Crippen LogP contribution in [0.25, 0.3) is 0 Å². The maximum atomic E-state index is 13.4. The Morgan fingerprint density at radius 3 is 2.29 bits per heavy atom. The number of hydrogen-bond acceptors (Lipinski definition) is 11. The number of carbonyl (C=O) groups is 1. The average Bonchev–Trinajstić information content (AvgIpc) is 3.83. The topological polar surface area (TPSA) is 180 Å². The molecule has 3 N–H and O–H groups in total. The van der Waals surface area contributed by atoms with Crippen molar-refractivity contribution >= 4 is 13.8 Å². The minimum atomic E-state index is -5.17. The second kappa shape index (κ2) is 26.4. The molecule has 2 aliphatic carbocycles. The number of quaternary nitrogens is 1. The summed E-state index contributed by atoms with van der Waals surface area (Å²) in [5.74, 6) is 0.664. The van der Waals surface area contributed by atoms with Crippen molar-refractivity contribution in [2.75, 3.05) is 59.7 Å². The molecule has 5 rings (SSSR count). The zero-order valence-corrected chi connectivity index (χ0v) is 39.9. The van der Waals surface area contributed by atoms with E-state index in [0.29, 0.717) is 79.0 Å². The molecule has 3 aromatic rings. The van der Waals surface area contributed by atoms with E-state index in [9.17, 15) is 29.5 Å². The van der Waals surface area contributed by atoms with Gasteiger partial charge in [0.1, 0.15) is 25.4 Å². The fraction of sp³-hybridized carbons (Fsp3) is 0.608. The number of rotatable bonds is 29. The third-order valence-corrected chi connectivity index (χ3v) is 14.0. The lowest BCUT2D eigenvalue weighted by atomic mass is 9.67. The normalized spacial score (nSPS) is 19.2. The maximum absolute atomic E-state index is 13.4. The van der Waals surface area contributed by atoms with Crippen LogP contribution < -0.4 is 24.2 Å². The van der Waals surface area contributed by atoms with Crippen molar-refractivity contribution in [1.82, 2.24) is 5.32 Å². The summed E-state index contributed by atoms with van der Waals surface area (Å²) in [6.45, 7) is 8.87. The number of nitriles is 1. The molecule has 0 heterocycles. The van der Waals surface area contributed by atoms with E-state index < -0.39 is 19.3 Å². The third kappa shape index (κ3) is 16.4. The zero-order valence-electron chi connectivity index (χ0n) is 39.1. The van der Waals surface area contributed by atoms with Gasteiger partial charge in [0.05, 0.1) is 49.8 Å². The monoisotopic (exact) mass is 920 g/mol. The molecule has 0 aromatic heterocycles. The number of esters is 1. The van der Waals surface area contributed by atoms with Crippen LogP contribution in [0, 0.1) is 17.2 Å². The number of phosphoric acid groups is 1. The van der Waals surface area contributed by atoms with Crippen molar-refractivity contribution in [2.45, 2.75) is 134 Å². The van der Waals surface area contributed by atoms with Gasteiger partial charge < -0.3 is 48.2 Å². The van der Waals surface area contributed by atoms with E-state index in [2.05, 4.69) is 35.7 Å². The van der Waals surface area contributed by atoms with Gasteiger partial charge in [0.25, 0.3) is 0 Å². The van der Waals surface area contributed by atoms with Gasteiger partial charge in [-0.2, -0.15) is 5.26 Å². The zero-order chi connectivity index (χ0) is 46.5. The van der Waals surface area contributed by atoms with Crippen LogP contribution in [0.2, 0.25) is 0 Å². The number of hydrogen-bond donors (Lipinski definition) is 3. The number of nitrogens with one attached hydrogen (secondary N) is 1. The molecule has 358 valence electrons. The second-order valence-corrected chi connectivity index (χ2v) is 19.1. The number of ether oxygens (including phenoxy) is 4. The van der Waals surface area contributed by atoms with Gasteiger partial charge in [0.15, 0.2) is 11.5 Å².